The van der Waals surface area contributed by atoms with E-state index in [0.717, 1.165) is 18.5 Å². The van der Waals surface area contributed by atoms with Gasteiger partial charge < -0.3 is 19.9 Å². The van der Waals surface area contributed by atoms with Crippen molar-refractivity contribution in [2.45, 2.75) is 18.9 Å². The summed E-state index contributed by atoms with van der Waals surface area (Å²) in [6.07, 6.45) is 1.49. The number of para-hydroxylation sites is 1. The minimum atomic E-state index is -0.276. The summed E-state index contributed by atoms with van der Waals surface area (Å²) in [5.74, 6) is 0.0874. The highest BCUT2D eigenvalue weighted by atomic mass is 16.5. The molecule has 0 spiro atoms. The maximum atomic E-state index is 12.7. The van der Waals surface area contributed by atoms with Gasteiger partial charge in [-0.2, -0.15) is 0 Å². The Morgan fingerprint density at radius 3 is 2.48 bits per heavy atom. The van der Waals surface area contributed by atoms with E-state index in [1.165, 1.54) is 0 Å². The highest BCUT2D eigenvalue weighted by Gasteiger charge is 2.31. The van der Waals surface area contributed by atoms with Gasteiger partial charge in [-0.25, -0.2) is 0 Å². The van der Waals surface area contributed by atoms with Gasteiger partial charge in [0.05, 0.1) is 5.56 Å². The van der Waals surface area contributed by atoms with Crippen molar-refractivity contribution in [3.8, 4) is 0 Å². The van der Waals surface area contributed by atoms with Gasteiger partial charge in [-0.05, 0) is 25.0 Å². The molecule has 2 amide bonds. The van der Waals surface area contributed by atoms with Crippen molar-refractivity contribution in [2.24, 2.45) is 0 Å². The predicted octanol–water partition coefficient (Wildman–Crippen LogP) is 1.19. The smallest absolute Gasteiger partial charge is 0.256 e. The van der Waals surface area contributed by atoms with Crippen LogP contribution in [-0.4, -0.2) is 67.6 Å². The van der Waals surface area contributed by atoms with Crippen LogP contribution in [0.5, 0.6) is 0 Å². The standard InChI is InChI=1S/C17H23N3O3/c1-18-14-6-3-2-5-13(14)16(21)19-8-10-20(11-9-19)17(22)15-7-4-12-23-15/h2-3,5-6,15,18H,4,7-12H2,1H3. The molecule has 2 heterocycles. The second-order valence-corrected chi connectivity index (χ2v) is 5.91. The van der Waals surface area contributed by atoms with Crippen LogP contribution in [-0.2, 0) is 9.53 Å². The first-order valence-corrected chi connectivity index (χ1v) is 8.17. The molecule has 0 radical (unpaired) electrons. The molecule has 3 rings (SSSR count). The fraction of sp³-hybridized carbons (Fsp3) is 0.529. The fourth-order valence-electron chi connectivity index (χ4n) is 3.16. The largest absolute Gasteiger partial charge is 0.387 e. The SMILES string of the molecule is CNc1ccccc1C(=O)N1CCN(C(=O)C2CCCO2)CC1. The minimum absolute atomic E-state index is 0.0131. The molecule has 0 bridgehead atoms. The van der Waals surface area contributed by atoms with E-state index < -0.39 is 0 Å². The van der Waals surface area contributed by atoms with E-state index in [1.807, 2.05) is 41.1 Å². The normalized spacial score (nSPS) is 21.3. The van der Waals surface area contributed by atoms with Gasteiger partial charge in [0.1, 0.15) is 6.10 Å². The van der Waals surface area contributed by atoms with Gasteiger partial charge in [0.25, 0.3) is 11.8 Å². The highest BCUT2D eigenvalue weighted by molar-refractivity contribution is 5.99. The molecule has 2 fully saturated rings. The van der Waals surface area contributed by atoms with Crippen LogP contribution in [0.4, 0.5) is 5.69 Å². The third-order valence-corrected chi connectivity index (χ3v) is 4.51. The summed E-state index contributed by atoms with van der Waals surface area (Å²) >= 11 is 0. The molecule has 124 valence electrons. The van der Waals surface area contributed by atoms with Gasteiger partial charge >= 0.3 is 0 Å². The molecule has 6 nitrogen and oxygen atoms in total. The van der Waals surface area contributed by atoms with Crippen LogP contribution in [0.25, 0.3) is 0 Å². The Bertz CT molecular complexity index is 576. The molecule has 1 N–H and O–H groups in total. The zero-order valence-electron chi connectivity index (χ0n) is 13.5. The molecule has 2 aliphatic rings. The van der Waals surface area contributed by atoms with Crippen molar-refractivity contribution in [3.05, 3.63) is 29.8 Å². The number of piperazine rings is 1. The molecule has 0 aromatic heterocycles. The van der Waals surface area contributed by atoms with E-state index in [-0.39, 0.29) is 17.9 Å². The number of benzene rings is 1. The minimum Gasteiger partial charge on any atom is -0.387 e. The van der Waals surface area contributed by atoms with Crippen molar-refractivity contribution >= 4 is 17.5 Å². The average Bonchev–Trinajstić information content (AvgIpc) is 3.15. The summed E-state index contributed by atoms with van der Waals surface area (Å²) in [6, 6.07) is 7.49. The van der Waals surface area contributed by atoms with Crippen LogP contribution < -0.4 is 5.32 Å². The van der Waals surface area contributed by atoms with E-state index in [2.05, 4.69) is 5.32 Å². The number of hydrogen-bond donors (Lipinski definition) is 1. The van der Waals surface area contributed by atoms with Crippen molar-refractivity contribution in [2.75, 3.05) is 45.2 Å². The molecule has 23 heavy (non-hydrogen) atoms. The topological polar surface area (TPSA) is 61.9 Å². The maximum Gasteiger partial charge on any atom is 0.256 e. The fourth-order valence-corrected chi connectivity index (χ4v) is 3.16. The molecule has 1 aromatic carbocycles. The van der Waals surface area contributed by atoms with Gasteiger partial charge in [0.15, 0.2) is 0 Å². The molecule has 2 saturated heterocycles. The summed E-state index contributed by atoms with van der Waals surface area (Å²) in [5, 5.41) is 3.05. The third-order valence-electron chi connectivity index (χ3n) is 4.51. The lowest BCUT2D eigenvalue weighted by Crippen LogP contribution is -2.52. The van der Waals surface area contributed by atoms with Crippen molar-refractivity contribution in [3.63, 3.8) is 0 Å². The van der Waals surface area contributed by atoms with Gasteiger partial charge in [0.2, 0.25) is 0 Å². The van der Waals surface area contributed by atoms with Crippen molar-refractivity contribution in [1.29, 1.82) is 0 Å². The van der Waals surface area contributed by atoms with Crippen LogP contribution in [0.1, 0.15) is 23.2 Å². The third kappa shape index (κ3) is 3.32. The summed E-state index contributed by atoms with van der Waals surface area (Å²) in [4.78, 5) is 28.6. The lowest BCUT2D eigenvalue weighted by molar-refractivity contribution is -0.142. The Morgan fingerprint density at radius 1 is 1.13 bits per heavy atom. The van der Waals surface area contributed by atoms with Crippen LogP contribution in [0.3, 0.4) is 0 Å². The van der Waals surface area contributed by atoms with Gasteiger partial charge in [-0.3, -0.25) is 9.59 Å². The van der Waals surface area contributed by atoms with Crippen LogP contribution in [0.15, 0.2) is 24.3 Å². The molecule has 0 aliphatic carbocycles. The van der Waals surface area contributed by atoms with Crippen LogP contribution in [0, 0.1) is 0 Å². The first kappa shape index (κ1) is 15.8. The zero-order valence-corrected chi connectivity index (χ0v) is 13.5. The second-order valence-electron chi connectivity index (χ2n) is 5.91. The van der Waals surface area contributed by atoms with E-state index in [9.17, 15) is 9.59 Å². The number of rotatable bonds is 3. The van der Waals surface area contributed by atoms with E-state index in [4.69, 9.17) is 4.74 Å². The number of carbonyl (C=O) groups excluding carboxylic acids is 2. The summed E-state index contributed by atoms with van der Waals surface area (Å²) in [5.41, 5.74) is 1.50. The Labute approximate surface area is 136 Å². The molecular formula is C17H23N3O3. The molecule has 1 atom stereocenters. The number of nitrogens with zero attached hydrogens (tertiary/aromatic N) is 2. The van der Waals surface area contributed by atoms with Crippen molar-refractivity contribution < 1.29 is 14.3 Å². The Morgan fingerprint density at radius 2 is 1.83 bits per heavy atom. The quantitative estimate of drug-likeness (QED) is 0.910. The molecule has 1 aromatic rings. The molecular weight excluding hydrogens is 294 g/mol. The Kier molecular flexibility index (Phi) is 4.81. The number of carbonyl (C=O) groups is 2. The Balaban J connectivity index is 1.60. The summed E-state index contributed by atoms with van der Waals surface area (Å²) in [6.45, 7) is 2.96. The van der Waals surface area contributed by atoms with Crippen molar-refractivity contribution in [1.82, 2.24) is 9.80 Å². The monoisotopic (exact) mass is 317 g/mol. The lowest BCUT2D eigenvalue weighted by Gasteiger charge is -2.36. The first-order valence-electron chi connectivity index (χ1n) is 8.17. The van der Waals surface area contributed by atoms with E-state index >= 15 is 0 Å². The van der Waals surface area contributed by atoms with Crippen LogP contribution >= 0.6 is 0 Å². The summed E-state index contributed by atoms with van der Waals surface area (Å²) in [7, 11) is 1.81. The Hall–Kier alpha value is -2.08. The molecule has 6 heteroatoms. The zero-order chi connectivity index (χ0) is 16.2. The first-order chi connectivity index (χ1) is 11.2. The summed E-state index contributed by atoms with van der Waals surface area (Å²) < 4.78 is 5.46. The van der Waals surface area contributed by atoms with Gasteiger partial charge in [-0.15, -0.1) is 0 Å². The predicted molar refractivity (Wildman–Crippen MR) is 87.4 cm³/mol. The second kappa shape index (κ2) is 7.00. The molecule has 0 saturated carbocycles. The number of hydrogen-bond acceptors (Lipinski definition) is 4. The van der Waals surface area contributed by atoms with Gasteiger partial charge in [-0.1, -0.05) is 12.1 Å². The number of ether oxygens (including phenoxy) is 1. The van der Waals surface area contributed by atoms with Gasteiger partial charge in [0, 0.05) is 45.5 Å². The number of anilines is 1. The van der Waals surface area contributed by atoms with Crippen LogP contribution in [0.2, 0.25) is 0 Å². The number of amides is 2. The van der Waals surface area contributed by atoms with E-state index in [0.29, 0.717) is 38.3 Å². The lowest BCUT2D eigenvalue weighted by atomic mass is 10.1. The number of nitrogens with one attached hydrogen (secondary N) is 1. The average molecular weight is 317 g/mol. The molecule has 2 aliphatic heterocycles. The van der Waals surface area contributed by atoms with E-state index in [1.54, 1.807) is 0 Å². The molecule has 1 unspecified atom stereocenters. The maximum absolute atomic E-state index is 12.7. The highest BCUT2D eigenvalue weighted by Crippen LogP contribution is 2.19.